The molecule has 1 rings (SSSR count). The van der Waals surface area contributed by atoms with Gasteiger partial charge in [-0.2, -0.15) is 0 Å². The second kappa shape index (κ2) is 10.4. The highest BCUT2D eigenvalue weighted by Crippen LogP contribution is 2.16. The zero-order valence-corrected chi connectivity index (χ0v) is 12.8. The van der Waals surface area contributed by atoms with Crippen LogP contribution in [0.2, 0.25) is 0 Å². The number of hydrogen-bond donors (Lipinski definition) is 1. The van der Waals surface area contributed by atoms with Crippen molar-refractivity contribution in [2.24, 2.45) is 0 Å². The van der Waals surface area contributed by atoms with E-state index in [4.69, 9.17) is 4.74 Å². The predicted octanol–water partition coefficient (Wildman–Crippen LogP) is 4.39. The highest BCUT2D eigenvalue weighted by atomic mass is 79.9. The van der Waals surface area contributed by atoms with Gasteiger partial charge in [-0.15, -0.1) is 0 Å². The molecule has 102 valence electrons. The zero-order valence-electron chi connectivity index (χ0n) is 11.3. The van der Waals surface area contributed by atoms with Crippen LogP contribution in [0.3, 0.4) is 0 Å². The molecule has 0 aliphatic rings. The average Bonchev–Trinajstić information content (AvgIpc) is 2.39. The van der Waals surface area contributed by atoms with E-state index in [0.717, 1.165) is 36.3 Å². The van der Waals surface area contributed by atoms with Gasteiger partial charge in [-0.1, -0.05) is 35.7 Å². The molecule has 1 aromatic rings. The zero-order chi connectivity index (χ0) is 13.1. The van der Waals surface area contributed by atoms with Gasteiger partial charge in [-0.25, -0.2) is 0 Å². The van der Waals surface area contributed by atoms with Crippen LogP contribution in [0.15, 0.2) is 28.7 Å². The third kappa shape index (κ3) is 7.72. The van der Waals surface area contributed by atoms with Gasteiger partial charge in [0.15, 0.2) is 0 Å². The largest absolute Gasteiger partial charge is 0.494 e. The van der Waals surface area contributed by atoms with Crippen molar-refractivity contribution in [2.45, 2.75) is 39.0 Å². The Morgan fingerprint density at radius 2 is 1.72 bits per heavy atom. The number of halogens is 1. The quantitative estimate of drug-likeness (QED) is 0.647. The Kier molecular flexibility index (Phi) is 8.96. The molecular formula is C15H24BrNO. The first kappa shape index (κ1) is 15.5. The van der Waals surface area contributed by atoms with Crippen LogP contribution < -0.4 is 10.1 Å². The van der Waals surface area contributed by atoms with Crippen molar-refractivity contribution in [3.8, 4) is 5.75 Å². The number of nitrogens with one attached hydrogen (secondary N) is 1. The molecule has 0 aromatic heterocycles. The van der Waals surface area contributed by atoms with Gasteiger partial charge in [-0.05, 0) is 56.6 Å². The third-order valence-electron chi connectivity index (χ3n) is 2.76. The maximum absolute atomic E-state index is 5.67. The van der Waals surface area contributed by atoms with Crippen molar-refractivity contribution >= 4 is 15.9 Å². The van der Waals surface area contributed by atoms with E-state index in [1.165, 1.54) is 25.7 Å². The summed E-state index contributed by atoms with van der Waals surface area (Å²) in [7, 11) is 0. The predicted molar refractivity (Wildman–Crippen MR) is 81.3 cm³/mol. The lowest BCUT2D eigenvalue weighted by atomic mass is 10.2. The molecule has 0 heterocycles. The van der Waals surface area contributed by atoms with E-state index in [9.17, 15) is 0 Å². The Morgan fingerprint density at radius 3 is 2.44 bits per heavy atom. The van der Waals surface area contributed by atoms with Crippen LogP contribution in [-0.2, 0) is 0 Å². The Labute approximate surface area is 119 Å². The van der Waals surface area contributed by atoms with E-state index in [2.05, 4.69) is 28.2 Å². The average molecular weight is 314 g/mol. The van der Waals surface area contributed by atoms with Gasteiger partial charge >= 0.3 is 0 Å². The summed E-state index contributed by atoms with van der Waals surface area (Å²) in [5, 5.41) is 3.42. The summed E-state index contributed by atoms with van der Waals surface area (Å²) in [6.45, 7) is 5.32. The summed E-state index contributed by atoms with van der Waals surface area (Å²) in [6, 6.07) is 8.01. The number of unbranched alkanes of at least 4 members (excludes halogenated alkanes) is 3. The molecule has 1 N–H and O–H groups in total. The Bertz CT molecular complexity index is 300. The van der Waals surface area contributed by atoms with Gasteiger partial charge in [0.05, 0.1) is 6.61 Å². The molecule has 18 heavy (non-hydrogen) atoms. The van der Waals surface area contributed by atoms with Gasteiger partial charge in [-0.3, -0.25) is 0 Å². The first-order valence-corrected chi connectivity index (χ1v) is 7.71. The lowest BCUT2D eigenvalue weighted by Gasteiger charge is -2.06. The number of hydrogen-bond acceptors (Lipinski definition) is 2. The molecule has 0 atom stereocenters. The van der Waals surface area contributed by atoms with Crippen LogP contribution in [0.4, 0.5) is 0 Å². The van der Waals surface area contributed by atoms with Crippen LogP contribution in [0.1, 0.15) is 39.0 Å². The van der Waals surface area contributed by atoms with Gasteiger partial charge in [0.2, 0.25) is 0 Å². The fraction of sp³-hybridized carbons (Fsp3) is 0.600. The van der Waals surface area contributed by atoms with Crippen LogP contribution in [0, 0.1) is 0 Å². The molecule has 0 saturated carbocycles. The second-order valence-electron chi connectivity index (χ2n) is 4.47. The fourth-order valence-electron chi connectivity index (χ4n) is 1.73. The van der Waals surface area contributed by atoms with Crippen molar-refractivity contribution in [3.63, 3.8) is 0 Å². The summed E-state index contributed by atoms with van der Waals surface area (Å²) < 4.78 is 6.76. The molecule has 0 aliphatic heterocycles. The van der Waals surface area contributed by atoms with Crippen molar-refractivity contribution in [1.29, 1.82) is 0 Å². The SMILES string of the molecule is CCCNCCCCCCOc1ccc(Br)cc1. The number of ether oxygens (including phenoxy) is 1. The Morgan fingerprint density at radius 1 is 1.00 bits per heavy atom. The smallest absolute Gasteiger partial charge is 0.119 e. The number of rotatable bonds is 10. The molecule has 3 heteroatoms. The molecule has 0 radical (unpaired) electrons. The Hall–Kier alpha value is -0.540. The van der Waals surface area contributed by atoms with Crippen molar-refractivity contribution < 1.29 is 4.74 Å². The van der Waals surface area contributed by atoms with Gasteiger partial charge < -0.3 is 10.1 Å². The molecule has 0 unspecified atom stereocenters. The molecule has 0 bridgehead atoms. The summed E-state index contributed by atoms with van der Waals surface area (Å²) in [6.07, 6.45) is 6.19. The lowest BCUT2D eigenvalue weighted by Crippen LogP contribution is -2.15. The lowest BCUT2D eigenvalue weighted by molar-refractivity contribution is 0.304. The number of benzene rings is 1. The van der Waals surface area contributed by atoms with Gasteiger partial charge in [0.25, 0.3) is 0 Å². The van der Waals surface area contributed by atoms with E-state index < -0.39 is 0 Å². The molecule has 0 aliphatic carbocycles. The van der Waals surface area contributed by atoms with Crippen molar-refractivity contribution in [2.75, 3.05) is 19.7 Å². The molecule has 0 amide bonds. The van der Waals surface area contributed by atoms with Crippen LogP contribution in [0.25, 0.3) is 0 Å². The molecule has 0 saturated heterocycles. The van der Waals surface area contributed by atoms with Crippen LogP contribution >= 0.6 is 15.9 Å². The summed E-state index contributed by atoms with van der Waals surface area (Å²) >= 11 is 3.41. The van der Waals surface area contributed by atoms with E-state index in [1.807, 2.05) is 24.3 Å². The molecule has 1 aromatic carbocycles. The van der Waals surface area contributed by atoms with Crippen molar-refractivity contribution in [1.82, 2.24) is 5.32 Å². The minimum absolute atomic E-state index is 0.823. The molecule has 2 nitrogen and oxygen atoms in total. The Balaban J connectivity index is 1.91. The summed E-state index contributed by atoms with van der Waals surface area (Å²) in [5.74, 6) is 0.961. The van der Waals surface area contributed by atoms with Gasteiger partial charge in [0, 0.05) is 4.47 Å². The summed E-state index contributed by atoms with van der Waals surface area (Å²) in [5.41, 5.74) is 0. The van der Waals surface area contributed by atoms with Gasteiger partial charge in [0.1, 0.15) is 5.75 Å². The standard InChI is InChI=1S/C15H24BrNO/c1-2-11-17-12-5-3-4-6-13-18-15-9-7-14(16)8-10-15/h7-10,17H,2-6,11-13H2,1H3. The topological polar surface area (TPSA) is 21.3 Å². The molecule has 0 fully saturated rings. The van der Waals surface area contributed by atoms with Crippen LogP contribution in [-0.4, -0.2) is 19.7 Å². The normalized spacial score (nSPS) is 10.6. The van der Waals surface area contributed by atoms with Crippen LogP contribution in [0.5, 0.6) is 5.75 Å². The van der Waals surface area contributed by atoms with E-state index >= 15 is 0 Å². The maximum atomic E-state index is 5.67. The second-order valence-corrected chi connectivity index (χ2v) is 5.38. The minimum Gasteiger partial charge on any atom is -0.494 e. The first-order chi connectivity index (χ1) is 8.83. The first-order valence-electron chi connectivity index (χ1n) is 6.92. The maximum Gasteiger partial charge on any atom is 0.119 e. The van der Waals surface area contributed by atoms with E-state index in [-0.39, 0.29) is 0 Å². The summed E-state index contributed by atoms with van der Waals surface area (Å²) in [4.78, 5) is 0. The van der Waals surface area contributed by atoms with Crippen molar-refractivity contribution in [3.05, 3.63) is 28.7 Å². The minimum atomic E-state index is 0.823. The molecular weight excluding hydrogens is 290 g/mol. The van der Waals surface area contributed by atoms with E-state index in [0.29, 0.717) is 0 Å². The highest BCUT2D eigenvalue weighted by molar-refractivity contribution is 9.10. The third-order valence-corrected chi connectivity index (χ3v) is 3.29. The molecule has 0 spiro atoms. The fourth-order valence-corrected chi connectivity index (χ4v) is 1.99. The van der Waals surface area contributed by atoms with E-state index in [1.54, 1.807) is 0 Å². The highest BCUT2D eigenvalue weighted by Gasteiger charge is 1.94. The monoisotopic (exact) mass is 313 g/mol.